The summed E-state index contributed by atoms with van der Waals surface area (Å²) in [6, 6.07) is 5.54. The molecule has 36 heavy (non-hydrogen) atoms. The van der Waals surface area contributed by atoms with Gasteiger partial charge < -0.3 is 5.32 Å². The molecular formula is C24H15ClF8N2O. The second kappa shape index (κ2) is 9.88. The molecule has 1 N–H and O–H groups in total. The fourth-order valence-electron chi connectivity index (χ4n) is 3.55. The molecule has 190 valence electrons. The van der Waals surface area contributed by atoms with Gasteiger partial charge >= 0.3 is 12.4 Å². The molecule has 0 spiro atoms. The van der Waals surface area contributed by atoms with Crippen molar-refractivity contribution in [3.05, 3.63) is 112 Å². The fraction of sp³-hybridized carbons (Fsp3) is 0.167. The van der Waals surface area contributed by atoms with E-state index in [9.17, 15) is 39.9 Å². The number of hydrogen-bond donors (Lipinski definition) is 1. The summed E-state index contributed by atoms with van der Waals surface area (Å²) < 4.78 is 108. The highest BCUT2D eigenvalue weighted by atomic mass is 35.5. The van der Waals surface area contributed by atoms with E-state index in [2.05, 4.69) is 16.9 Å². The lowest BCUT2D eigenvalue weighted by molar-refractivity contribution is -0.140. The minimum absolute atomic E-state index is 0.114. The maximum absolute atomic E-state index is 14.4. The Balaban J connectivity index is 2.24. The van der Waals surface area contributed by atoms with Gasteiger partial charge in [-0.2, -0.15) is 26.3 Å². The second-order valence-corrected chi connectivity index (χ2v) is 8.07. The maximum atomic E-state index is 14.4. The summed E-state index contributed by atoms with van der Waals surface area (Å²) >= 11 is 5.85. The summed E-state index contributed by atoms with van der Waals surface area (Å²) in [5, 5.41) is 2.49. The minimum atomic E-state index is -5.12. The predicted octanol–water partition coefficient (Wildman–Crippen LogP) is 7.30. The summed E-state index contributed by atoms with van der Waals surface area (Å²) in [4.78, 5) is 17.1. The molecule has 3 nitrogen and oxygen atoms in total. The second-order valence-electron chi connectivity index (χ2n) is 7.63. The fourth-order valence-corrected chi connectivity index (χ4v) is 3.66. The number of amides is 1. The zero-order chi connectivity index (χ0) is 26.9. The summed E-state index contributed by atoms with van der Waals surface area (Å²) in [5.41, 5.74) is -6.32. The average molecular weight is 535 g/mol. The SMILES string of the molecule is C=CCC(NC(=O)c1ccc(F)c(C(F)(F)F)c1)(c1cc(F)cc(C(F)(F)F)c1)c1ccc(Cl)cn1. The molecule has 0 radical (unpaired) electrons. The first-order valence-corrected chi connectivity index (χ1v) is 10.4. The highest BCUT2D eigenvalue weighted by Crippen LogP contribution is 2.38. The Hall–Kier alpha value is -3.47. The molecular weight excluding hydrogens is 520 g/mol. The van der Waals surface area contributed by atoms with E-state index < -0.39 is 57.7 Å². The standard InChI is InChI=1S/C24H15ClF8N2O/c1-2-7-22(20-6-4-16(25)12-34-20,14-9-15(23(28,29)30)11-17(26)10-14)35-21(36)13-3-5-19(27)18(8-13)24(31,32)33/h2-6,8-12H,1,7H2,(H,35,36). The first kappa shape index (κ1) is 27.1. The Bertz CT molecular complexity index is 1290. The van der Waals surface area contributed by atoms with Crippen molar-refractivity contribution in [2.24, 2.45) is 0 Å². The molecule has 0 aliphatic rings. The number of alkyl halides is 6. The van der Waals surface area contributed by atoms with Crippen LogP contribution in [0.2, 0.25) is 5.02 Å². The highest BCUT2D eigenvalue weighted by molar-refractivity contribution is 6.30. The third kappa shape index (κ3) is 5.67. The Morgan fingerprint density at radius 1 is 0.944 bits per heavy atom. The van der Waals surface area contributed by atoms with Crippen LogP contribution in [0.1, 0.15) is 39.2 Å². The summed E-state index contributed by atoms with van der Waals surface area (Å²) in [7, 11) is 0. The maximum Gasteiger partial charge on any atom is 0.419 e. The number of halogens is 9. The van der Waals surface area contributed by atoms with Crippen LogP contribution >= 0.6 is 11.6 Å². The zero-order valence-corrected chi connectivity index (χ0v) is 18.7. The number of carbonyl (C=O) groups is 1. The number of benzene rings is 2. The van der Waals surface area contributed by atoms with Gasteiger partial charge in [-0.3, -0.25) is 9.78 Å². The topological polar surface area (TPSA) is 42.0 Å². The van der Waals surface area contributed by atoms with Crippen molar-refractivity contribution in [2.45, 2.75) is 24.3 Å². The van der Waals surface area contributed by atoms with Gasteiger partial charge in [-0.25, -0.2) is 8.78 Å². The number of aromatic nitrogens is 1. The molecule has 3 rings (SSSR count). The number of pyridine rings is 1. The first-order chi connectivity index (χ1) is 16.7. The van der Waals surface area contributed by atoms with E-state index in [0.717, 1.165) is 18.3 Å². The van der Waals surface area contributed by atoms with Crippen molar-refractivity contribution in [1.82, 2.24) is 10.3 Å². The third-order valence-electron chi connectivity index (χ3n) is 5.19. The zero-order valence-electron chi connectivity index (χ0n) is 17.9. The van der Waals surface area contributed by atoms with Gasteiger partial charge in [0.2, 0.25) is 0 Å². The van der Waals surface area contributed by atoms with Gasteiger partial charge in [0.15, 0.2) is 0 Å². The molecule has 0 aliphatic heterocycles. The van der Waals surface area contributed by atoms with Crippen LogP contribution in [-0.2, 0) is 17.9 Å². The van der Waals surface area contributed by atoms with Crippen LogP contribution in [0.5, 0.6) is 0 Å². The van der Waals surface area contributed by atoms with E-state index >= 15 is 0 Å². The smallest absolute Gasteiger partial charge is 0.337 e. The van der Waals surface area contributed by atoms with Gasteiger partial charge in [0.05, 0.1) is 21.8 Å². The molecule has 3 aromatic rings. The molecule has 0 saturated heterocycles. The van der Waals surface area contributed by atoms with E-state index in [1.165, 1.54) is 18.2 Å². The Morgan fingerprint density at radius 2 is 1.61 bits per heavy atom. The third-order valence-corrected chi connectivity index (χ3v) is 5.42. The molecule has 0 aliphatic carbocycles. The lowest BCUT2D eigenvalue weighted by Gasteiger charge is -2.35. The Labute approximate surface area is 204 Å². The quantitative estimate of drug-likeness (QED) is 0.266. The van der Waals surface area contributed by atoms with Crippen LogP contribution in [-0.4, -0.2) is 10.9 Å². The molecule has 1 atom stereocenters. The number of rotatable bonds is 6. The van der Waals surface area contributed by atoms with Crippen LogP contribution in [0.25, 0.3) is 0 Å². The van der Waals surface area contributed by atoms with E-state index in [0.29, 0.717) is 12.1 Å². The van der Waals surface area contributed by atoms with Gasteiger partial charge in [-0.15, -0.1) is 6.58 Å². The highest BCUT2D eigenvalue weighted by Gasteiger charge is 2.41. The molecule has 0 saturated carbocycles. The van der Waals surface area contributed by atoms with Crippen molar-refractivity contribution >= 4 is 17.5 Å². The first-order valence-electron chi connectivity index (χ1n) is 9.98. The summed E-state index contributed by atoms with van der Waals surface area (Å²) in [6.45, 7) is 3.53. The van der Waals surface area contributed by atoms with Gasteiger partial charge in [0, 0.05) is 11.8 Å². The molecule has 2 aromatic carbocycles. The minimum Gasteiger partial charge on any atom is -0.337 e. The molecule has 1 heterocycles. The van der Waals surface area contributed by atoms with Gasteiger partial charge in [-0.1, -0.05) is 17.7 Å². The van der Waals surface area contributed by atoms with Crippen molar-refractivity contribution < 1.29 is 39.9 Å². The average Bonchev–Trinajstić information content (AvgIpc) is 2.77. The molecule has 0 bridgehead atoms. The van der Waals surface area contributed by atoms with Crippen LogP contribution in [0.15, 0.2) is 67.4 Å². The van der Waals surface area contributed by atoms with Crippen LogP contribution in [0, 0.1) is 11.6 Å². The molecule has 1 aromatic heterocycles. The van der Waals surface area contributed by atoms with Crippen molar-refractivity contribution in [3.8, 4) is 0 Å². The number of nitrogens with zero attached hydrogens (tertiary/aromatic N) is 1. The van der Waals surface area contributed by atoms with Crippen LogP contribution in [0.4, 0.5) is 35.1 Å². The van der Waals surface area contributed by atoms with Crippen molar-refractivity contribution in [1.29, 1.82) is 0 Å². The number of nitrogens with one attached hydrogen (secondary N) is 1. The Kier molecular flexibility index (Phi) is 7.45. The normalized spacial score (nSPS) is 13.7. The molecule has 0 fully saturated rings. The summed E-state index contributed by atoms with van der Waals surface area (Å²) in [6.07, 6.45) is -8.14. The van der Waals surface area contributed by atoms with E-state index in [1.807, 2.05) is 0 Å². The van der Waals surface area contributed by atoms with Gasteiger partial charge in [0.1, 0.15) is 17.2 Å². The van der Waals surface area contributed by atoms with Crippen molar-refractivity contribution in [3.63, 3.8) is 0 Å². The predicted molar refractivity (Wildman–Crippen MR) is 115 cm³/mol. The van der Waals surface area contributed by atoms with E-state index in [1.54, 1.807) is 0 Å². The van der Waals surface area contributed by atoms with Crippen molar-refractivity contribution in [2.75, 3.05) is 0 Å². The molecule has 1 unspecified atom stereocenters. The van der Waals surface area contributed by atoms with E-state index in [-0.39, 0.29) is 29.3 Å². The number of carbonyl (C=O) groups excluding carboxylic acids is 1. The Morgan fingerprint density at radius 3 is 2.17 bits per heavy atom. The largest absolute Gasteiger partial charge is 0.419 e. The lowest BCUT2D eigenvalue weighted by atomic mass is 9.81. The lowest BCUT2D eigenvalue weighted by Crippen LogP contribution is -2.47. The van der Waals surface area contributed by atoms with Crippen LogP contribution < -0.4 is 5.32 Å². The van der Waals surface area contributed by atoms with E-state index in [4.69, 9.17) is 11.6 Å². The van der Waals surface area contributed by atoms with Crippen LogP contribution in [0.3, 0.4) is 0 Å². The molecule has 12 heteroatoms. The van der Waals surface area contributed by atoms with Gasteiger partial charge in [-0.05, 0) is 60.5 Å². The monoisotopic (exact) mass is 534 g/mol. The van der Waals surface area contributed by atoms with Gasteiger partial charge in [0.25, 0.3) is 5.91 Å². The number of hydrogen-bond acceptors (Lipinski definition) is 2. The molecule has 1 amide bonds. The summed E-state index contributed by atoms with van der Waals surface area (Å²) in [5.74, 6) is -4.15.